The van der Waals surface area contributed by atoms with Gasteiger partial charge >= 0.3 is 0 Å². The van der Waals surface area contributed by atoms with Crippen LogP contribution in [0.2, 0.25) is 5.02 Å². The Balaban J connectivity index is 2.63. The fourth-order valence-corrected chi connectivity index (χ4v) is 3.37. The van der Waals surface area contributed by atoms with Crippen molar-refractivity contribution in [2.45, 2.75) is 44.6 Å². The highest BCUT2D eigenvalue weighted by Crippen LogP contribution is 2.47. The normalized spacial score (nSPS) is 17.5. The van der Waals surface area contributed by atoms with Gasteiger partial charge in [-0.05, 0) is 30.9 Å². The molecule has 19 heavy (non-hydrogen) atoms. The fourth-order valence-electron chi connectivity index (χ4n) is 3.00. The van der Waals surface area contributed by atoms with E-state index in [2.05, 4.69) is 13.0 Å². The van der Waals surface area contributed by atoms with Crippen molar-refractivity contribution in [1.82, 2.24) is 0 Å². The van der Waals surface area contributed by atoms with Crippen LogP contribution in [0.3, 0.4) is 0 Å². The zero-order chi connectivity index (χ0) is 14.0. The van der Waals surface area contributed by atoms with E-state index in [0.29, 0.717) is 16.5 Å². The molecular formula is C15H22ClNO2. The number of hydrogen-bond acceptors (Lipinski definition) is 3. The smallest absolute Gasteiger partial charge is 0.146 e. The SMILES string of the molecule is CCc1cc(C2(N)CCCC2)c(OC)c(Cl)c1OC. The van der Waals surface area contributed by atoms with Crippen LogP contribution in [0, 0.1) is 0 Å². The lowest BCUT2D eigenvalue weighted by Gasteiger charge is -2.28. The van der Waals surface area contributed by atoms with Gasteiger partial charge in [0.25, 0.3) is 0 Å². The standard InChI is InChI=1S/C15H22ClNO2/c1-4-10-9-11(15(17)7-5-6-8-15)14(19-3)12(16)13(10)18-2/h9H,4-8,17H2,1-3H3. The number of halogens is 1. The highest BCUT2D eigenvalue weighted by atomic mass is 35.5. The van der Waals surface area contributed by atoms with Gasteiger partial charge in [-0.15, -0.1) is 0 Å². The molecule has 1 aromatic rings. The molecule has 0 aromatic heterocycles. The quantitative estimate of drug-likeness (QED) is 0.917. The summed E-state index contributed by atoms with van der Waals surface area (Å²) < 4.78 is 10.9. The third-order valence-corrected chi connectivity index (χ3v) is 4.42. The number of benzene rings is 1. The lowest BCUT2D eigenvalue weighted by molar-refractivity contribution is 0.368. The van der Waals surface area contributed by atoms with E-state index < -0.39 is 0 Å². The first-order valence-corrected chi connectivity index (χ1v) is 7.18. The predicted octanol–water partition coefficient (Wildman–Crippen LogP) is 3.65. The second kappa shape index (κ2) is 5.59. The first-order chi connectivity index (χ1) is 9.07. The fraction of sp³-hybridized carbons (Fsp3) is 0.600. The molecule has 3 nitrogen and oxygen atoms in total. The number of methoxy groups -OCH3 is 2. The molecule has 2 N–H and O–H groups in total. The largest absolute Gasteiger partial charge is 0.495 e. The van der Waals surface area contributed by atoms with Gasteiger partial charge in [0.05, 0.1) is 14.2 Å². The minimum atomic E-state index is -0.314. The van der Waals surface area contributed by atoms with Gasteiger partial charge in [0.15, 0.2) is 0 Å². The van der Waals surface area contributed by atoms with E-state index in [4.69, 9.17) is 26.8 Å². The Morgan fingerprint density at radius 1 is 1.21 bits per heavy atom. The number of hydrogen-bond donors (Lipinski definition) is 1. The van der Waals surface area contributed by atoms with E-state index >= 15 is 0 Å². The molecule has 2 rings (SSSR count). The molecule has 1 aliphatic rings. The Morgan fingerprint density at radius 2 is 1.79 bits per heavy atom. The van der Waals surface area contributed by atoms with E-state index in [1.807, 2.05) is 0 Å². The Morgan fingerprint density at radius 3 is 2.26 bits per heavy atom. The van der Waals surface area contributed by atoms with Crippen molar-refractivity contribution >= 4 is 11.6 Å². The summed E-state index contributed by atoms with van der Waals surface area (Å²) in [5.41, 5.74) is 8.35. The first-order valence-electron chi connectivity index (χ1n) is 6.80. The zero-order valence-corrected chi connectivity index (χ0v) is 12.6. The Hall–Kier alpha value is -0.930. The summed E-state index contributed by atoms with van der Waals surface area (Å²) in [5, 5.41) is 0.538. The molecule has 0 radical (unpaired) electrons. The number of ether oxygens (including phenoxy) is 2. The van der Waals surface area contributed by atoms with Gasteiger partial charge in [-0.25, -0.2) is 0 Å². The van der Waals surface area contributed by atoms with Gasteiger partial charge in [0.1, 0.15) is 16.5 Å². The molecule has 106 valence electrons. The molecule has 0 saturated heterocycles. The molecule has 0 bridgehead atoms. The molecule has 0 amide bonds. The summed E-state index contributed by atoms with van der Waals surface area (Å²) >= 11 is 6.43. The minimum absolute atomic E-state index is 0.314. The van der Waals surface area contributed by atoms with E-state index in [0.717, 1.165) is 43.2 Å². The Labute approximate surface area is 120 Å². The van der Waals surface area contributed by atoms with Crippen LogP contribution in [0.1, 0.15) is 43.7 Å². The van der Waals surface area contributed by atoms with Crippen molar-refractivity contribution in [3.63, 3.8) is 0 Å². The lowest BCUT2D eigenvalue weighted by Crippen LogP contribution is -2.33. The molecule has 1 aromatic carbocycles. The summed E-state index contributed by atoms with van der Waals surface area (Å²) in [6, 6.07) is 2.11. The van der Waals surface area contributed by atoms with Crippen molar-refractivity contribution in [1.29, 1.82) is 0 Å². The van der Waals surface area contributed by atoms with Crippen LogP contribution >= 0.6 is 11.6 Å². The maximum Gasteiger partial charge on any atom is 0.146 e. The third-order valence-electron chi connectivity index (χ3n) is 4.07. The van der Waals surface area contributed by atoms with Crippen LogP contribution in [0.25, 0.3) is 0 Å². The van der Waals surface area contributed by atoms with E-state index in [-0.39, 0.29) is 5.54 Å². The van der Waals surface area contributed by atoms with Crippen LogP contribution < -0.4 is 15.2 Å². The number of rotatable bonds is 4. The Kier molecular flexibility index (Phi) is 4.26. The molecule has 0 atom stereocenters. The van der Waals surface area contributed by atoms with Crippen molar-refractivity contribution < 1.29 is 9.47 Å². The van der Waals surface area contributed by atoms with Gasteiger partial charge in [0, 0.05) is 11.1 Å². The maximum atomic E-state index is 6.56. The number of nitrogens with two attached hydrogens (primary N) is 1. The van der Waals surface area contributed by atoms with Crippen LogP contribution in [-0.4, -0.2) is 14.2 Å². The summed E-state index contributed by atoms with van der Waals surface area (Å²) in [7, 11) is 3.27. The molecular weight excluding hydrogens is 262 g/mol. The summed E-state index contributed by atoms with van der Waals surface area (Å²) in [6.07, 6.45) is 5.13. The van der Waals surface area contributed by atoms with Crippen LogP contribution in [-0.2, 0) is 12.0 Å². The van der Waals surface area contributed by atoms with Gasteiger partial charge < -0.3 is 15.2 Å². The van der Waals surface area contributed by atoms with Crippen LogP contribution in [0.4, 0.5) is 0 Å². The van der Waals surface area contributed by atoms with Gasteiger partial charge in [-0.3, -0.25) is 0 Å². The highest BCUT2D eigenvalue weighted by Gasteiger charge is 2.36. The van der Waals surface area contributed by atoms with Crippen LogP contribution in [0.5, 0.6) is 11.5 Å². The molecule has 1 saturated carbocycles. The molecule has 0 heterocycles. The average Bonchev–Trinajstić information content (AvgIpc) is 2.85. The third kappa shape index (κ3) is 2.41. The molecule has 4 heteroatoms. The molecule has 0 spiro atoms. The van der Waals surface area contributed by atoms with Crippen molar-refractivity contribution in [2.24, 2.45) is 5.73 Å². The second-order valence-electron chi connectivity index (χ2n) is 5.18. The number of aryl methyl sites for hydroxylation is 1. The van der Waals surface area contributed by atoms with Gasteiger partial charge in [-0.2, -0.15) is 0 Å². The zero-order valence-electron chi connectivity index (χ0n) is 11.9. The Bertz CT molecular complexity index is 468. The monoisotopic (exact) mass is 283 g/mol. The van der Waals surface area contributed by atoms with E-state index in [1.165, 1.54) is 0 Å². The predicted molar refractivity (Wildman–Crippen MR) is 78.3 cm³/mol. The van der Waals surface area contributed by atoms with Gasteiger partial charge in [-0.1, -0.05) is 31.4 Å². The first kappa shape index (κ1) is 14.5. The molecule has 0 unspecified atom stereocenters. The average molecular weight is 284 g/mol. The van der Waals surface area contributed by atoms with Crippen molar-refractivity contribution in [3.8, 4) is 11.5 Å². The molecule has 1 aliphatic carbocycles. The lowest BCUT2D eigenvalue weighted by atomic mass is 9.87. The maximum absolute atomic E-state index is 6.56. The summed E-state index contributed by atoms with van der Waals surface area (Å²) in [5.74, 6) is 1.37. The summed E-state index contributed by atoms with van der Waals surface area (Å²) in [6.45, 7) is 2.09. The molecule has 0 aliphatic heterocycles. The van der Waals surface area contributed by atoms with E-state index in [9.17, 15) is 0 Å². The van der Waals surface area contributed by atoms with Crippen molar-refractivity contribution in [3.05, 3.63) is 22.2 Å². The molecule has 1 fully saturated rings. The van der Waals surface area contributed by atoms with E-state index in [1.54, 1.807) is 14.2 Å². The topological polar surface area (TPSA) is 44.5 Å². The van der Waals surface area contributed by atoms with Gasteiger partial charge in [0.2, 0.25) is 0 Å². The highest BCUT2D eigenvalue weighted by molar-refractivity contribution is 6.33. The second-order valence-corrected chi connectivity index (χ2v) is 5.56. The van der Waals surface area contributed by atoms with Crippen molar-refractivity contribution in [2.75, 3.05) is 14.2 Å². The summed E-state index contributed by atoms with van der Waals surface area (Å²) in [4.78, 5) is 0. The van der Waals surface area contributed by atoms with Crippen LogP contribution in [0.15, 0.2) is 6.07 Å². The minimum Gasteiger partial charge on any atom is -0.495 e.